The summed E-state index contributed by atoms with van der Waals surface area (Å²) in [6.07, 6.45) is 6.10. The maximum atomic E-state index is 13.6. The van der Waals surface area contributed by atoms with Gasteiger partial charge in [0.15, 0.2) is 17.9 Å². The van der Waals surface area contributed by atoms with Crippen LogP contribution in [0, 0.1) is 35.2 Å². The number of nitrogens with zero attached hydrogens (tertiary/aromatic N) is 4. The Morgan fingerprint density at radius 1 is 1.03 bits per heavy atom. The molecule has 0 spiro atoms. The van der Waals surface area contributed by atoms with Crippen LogP contribution in [0.4, 0.5) is 19.0 Å². The van der Waals surface area contributed by atoms with Gasteiger partial charge in [0, 0.05) is 31.9 Å². The second-order valence-electron chi connectivity index (χ2n) is 10.9. The highest BCUT2D eigenvalue weighted by Gasteiger charge is 2.43. The molecule has 39 heavy (non-hydrogen) atoms. The molecule has 1 aromatic carbocycles. The summed E-state index contributed by atoms with van der Waals surface area (Å²) in [4.78, 5) is 14.8. The zero-order valence-corrected chi connectivity index (χ0v) is 22.9. The average Bonchev–Trinajstić information content (AvgIpc) is 3.51. The summed E-state index contributed by atoms with van der Waals surface area (Å²) in [6, 6.07) is 3.26. The summed E-state index contributed by atoms with van der Waals surface area (Å²) >= 11 is 0. The fraction of sp³-hybridized carbons (Fsp3) is 0.593. The molecule has 3 fully saturated rings. The number of nitrogen functional groups attached to an aromatic ring is 1. The lowest BCUT2D eigenvalue weighted by Crippen LogP contribution is -2.55. The van der Waals surface area contributed by atoms with Crippen LogP contribution in [-0.2, 0) is 4.74 Å². The number of halogens is 3. The number of likely N-dealkylation sites (tertiary alicyclic amines) is 1. The number of anilines is 1. The van der Waals surface area contributed by atoms with Crippen LogP contribution in [0.15, 0.2) is 18.2 Å². The highest BCUT2D eigenvalue weighted by molar-refractivity contribution is 6.40. The van der Waals surface area contributed by atoms with E-state index >= 15 is 0 Å². The Kier molecular flexibility index (Phi) is 11.0. The predicted octanol–water partition coefficient (Wildman–Crippen LogP) is 3.27. The Bertz CT molecular complexity index is 1090. The monoisotopic (exact) mass is 541 g/mol. The molecule has 2 N–H and O–H groups in total. The second-order valence-corrected chi connectivity index (χ2v) is 10.9. The van der Waals surface area contributed by atoms with Gasteiger partial charge in [-0.25, -0.2) is 13.2 Å². The van der Waals surface area contributed by atoms with Gasteiger partial charge < -0.3 is 20.3 Å². The average molecular weight is 541 g/mol. The highest BCUT2D eigenvalue weighted by atomic mass is 19.2. The van der Waals surface area contributed by atoms with Gasteiger partial charge in [0.1, 0.15) is 11.6 Å². The molecule has 0 amide bonds. The van der Waals surface area contributed by atoms with E-state index in [-0.39, 0.29) is 17.8 Å². The molecule has 2 atom stereocenters. The number of aldehydes is 1. The summed E-state index contributed by atoms with van der Waals surface area (Å²) in [6.45, 7) is 3.88. The zero-order valence-electron chi connectivity index (χ0n) is 22.9. The van der Waals surface area contributed by atoms with E-state index in [0.717, 1.165) is 51.0 Å². The van der Waals surface area contributed by atoms with Gasteiger partial charge in [-0.15, -0.1) is 10.2 Å². The minimum Gasteiger partial charge on any atom is -0.382 e. The van der Waals surface area contributed by atoms with E-state index in [0.29, 0.717) is 12.0 Å². The Hall–Kier alpha value is -2.43. The van der Waals surface area contributed by atoms with Crippen molar-refractivity contribution in [2.45, 2.75) is 37.4 Å². The lowest BCUT2D eigenvalue weighted by molar-refractivity contribution is 0.0375. The third-order valence-electron chi connectivity index (χ3n) is 7.42. The lowest BCUT2D eigenvalue weighted by atomic mass is 9.52. The van der Waals surface area contributed by atoms with Crippen molar-refractivity contribution < 1.29 is 22.7 Å². The molecule has 2 saturated heterocycles. The van der Waals surface area contributed by atoms with Crippen LogP contribution in [0.1, 0.15) is 42.5 Å². The smallest absolute Gasteiger partial charge is 0.172 e. The minimum absolute atomic E-state index is 0.0862. The second kappa shape index (κ2) is 13.8. The fourth-order valence-corrected chi connectivity index (χ4v) is 5.36. The van der Waals surface area contributed by atoms with Crippen molar-refractivity contribution in [1.82, 2.24) is 20.0 Å². The van der Waals surface area contributed by atoms with Gasteiger partial charge in [-0.3, -0.25) is 4.79 Å². The molecular weight excluding hydrogens is 505 g/mol. The number of hydrogen-bond donors (Lipinski definition) is 1. The molecule has 2 aromatic rings. The quantitative estimate of drug-likeness (QED) is 0.362. The maximum Gasteiger partial charge on any atom is 0.172 e. The first-order chi connectivity index (χ1) is 18.4. The Balaban J connectivity index is 0.000000190. The molecule has 3 aliphatic rings. The number of fused-ring (bicyclic) bond motifs is 1. The van der Waals surface area contributed by atoms with Crippen molar-refractivity contribution >= 4 is 27.8 Å². The van der Waals surface area contributed by atoms with Crippen LogP contribution in [0.3, 0.4) is 0 Å². The molecule has 4 radical (unpaired) electrons. The van der Waals surface area contributed by atoms with E-state index in [1.807, 2.05) is 26.0 Å². The first kappa shape index (κ1) is 31.1. The van der Waals surface area contributed by atoms with E-state index < -0.39 is 33.9 Å². The van der Waals surface area contributed by atoms with Crippen molar-refractivity contribution in [3.63, 3.8) is 0 Å². The summed E-state index contributed by atoms with van der Waals surface area (Å²) in [7, 11) is 18.9. The van der Waals surface area contributed by atoms with E-state index in [9.17, 15) is 18.0 Å². The van der Waals surface area contributed by atoms with Crippen molar-refractivity contribution in [2.75, 3.05) is 53.2 Å². The Morgan fingerprint density at radius 3 is 2.13 bits per heavy atom. The van der Waals surface area contributed by atoms with Gasteiger partial charge in [0.25, 0.3) is 0 Å². The van der Waals surface area contributed by atoms with Crippen LogP contribution in [0.5, 0.6) is 0 Å². The molecule has 1 saturated carbocycles. The van der Waals surface area contributed by atoms with E-state index in [1.54, 1.807) is 0 Å². The predicted molar refractivity (Wildman–Crippen MR) is 147 cm³/mol. The number of carbonyl (C=O) groups excluding carboxylic acids is 1. The first-order valence-electron chi connectivity index (χ1n) is 13.2. The van der Waals surface area contributed by atoms with E-state index in [2.05, 4.69) is 15.1 Å². The summed E-state index contributed by atoms with van der Waals surface area (Å²) in [5.74, 6) is -1.88. The van der Waals surface area contributed by atoms with Gasteiger partial charge in [-0.2, -0.15) is 0 Å². The number of ether oxygens (including phenoxy) is 1. The fourth-order valence-electron chi connectivity index (χ4n) is 5.36. The van der Waals surface area contributed by atoms with Crippen LogP contribution in [0.2, 0.25) is 0 Å². The van der Waals surface area contributed by atoms with E-state index in [4.69, 9.17) is 26.2 Å². The molecule has 1 aromatic heterocycles. The standard InChI is InChI=1S/C13H21B2NO.C11H6F3N3O.C3H9N/c14-13(15,12-4-6-17-7-5-12)16-8-10-2-1-3-11(10)9-16;12-7-3-5(8-1-2-9(15)17-16-8)10(13)11(14)6(7)4-18;1-4(2)3/h10-12H,1-9H2;1-4H,(H2,15,17);1-3H3. The molecule has 7 nitrogen and oxygen atoms in total. The zero-order chi connectivity index (χ0) is 28.7. The SMILES string of the molecule is CN(C)C.Nc1ccc(-c2cc(F)c(C=O)c(F)c2F)nn1.[B]C([B])(C1CCOCC1)N1CC2CCCC2C1. The van der Waals surface area contributed by atoms with Crippen molar-refractivity contribution in [3.05, 3.63) is 41.2 Å². The third kappa shape index (κ3) is 7.83. The summed E-state index contributed by atoms with van der Waals surface area (Å²) in [5, 5.41) is 6.35. The molecule has 12 heteroatoms. The van der Waals surface area contributed by atoms with Gasteiger partial charge in [0.05, 0.1) is 26.9 Å². The van der Waals surface area contributed by atoms with Crippen LogP contribution < -0.4 is 5.73 Å². The van der Waals surface area contributed by atoms with Crippen molar-refractivity contribution in [1.29, 1.82) is 0 Å². The molecule has 1 aliphatic carbocycles. The van der Waals surface area contributed by atoms with E-state index in [1.165, 1.54) is 31.4 Å². The van der Waals surface area contributed by atoms with Gasteiger partial charge >= 0.3 is 0 Å². The Morgan fingerprint density at radius 2 is 1.62 bits per heavy atom. The molecule has 208 valence electrons. The number of hydrogen-bond acceptors (Lipinski definition) is 7. The van der Waals surface area contributed by atoms with Crippen molar-refractivity contribution in [3.8, 4) is 11.3 Å². The van der Waals surface area contributed by atoms with Crippen LogP contribution in [-0.4, -0.2) is 94.8 Å². The molecule has 2 unspecified atom stereocenters. The number of carbonyl (C=O) groups is 1. The number of nitrogens with two attached hydrogens (primary N) is 1. The first-order valence-corrected chi connectivity index (χ1v) is 13.2. The number of benzene rings is 1. The summed E-state index contributed by atoms with van der Waals surface area (Å²) < 4.78 is 45.7. The molecule has 2 aliphatic heterocycles. The van der Waals surface area contributed by atoms with Gasteiger partial charge in [-0.1, -0.05) is 11.8 Å². The van der Waals surface area contributed by atoms with Gasteiger partial charge in [-0.05, 0) is 82.8 Å². The maximum absolute atomic E-state index is 13.6. The topological polar surface area (TPSA) is 84.6 Å². The molecule has 0 bridgehead atoms. The Labute approximate surface area is 231 Å². The van der Waals surface area contributed by atoms with Crippen molar-refractivity contribution in [2.24, 2.45) is 17.8 Å². The summed E-state index contributed by atoms with van der Waals surface area (Å²) in [5.41, 5.74) is 3.81. The minimum atomic E-state index is -1.56. The largest absolute Gasteiger partial charge is 0.382 e. The third-order valence-corrected chi connectivity index (χ3v) is 7.42. The molecular formula is C27H36B2F3N5O2. The van der Waals surface area contributed by atoms with Gasteiger partial charge in [0.2, 0.25) is 0 Å². The highest BCUT2D eigenvalue weighted by Crippen LogP contribution is 2.41. The molecule has 3 heterocycles. The number of rotatable bonds is 4. The lowest BCUT2D eigenvalue weighted by Gasteiger charge is -2.45. The van der Waals surface area contributed by atoms with Crippen LogP contribution in [0.25, 0.3) is 11.3 Å². The van der Waals surface area contributed by atoms with Crippen LogP contribution >= 0.6 is 0 Å². The number of aromatic nitrogens is 2. The molecule has 5 rings (SSSR count). The normalized spacial score (nSPS) is 21.5.